The number of rotatable bonds is 6. The van der Waals surface area contributed by atoms with Gasteiger partial charge in [-0.1, -0.05) is 66.7 Å². The molecule has 0 atom stereocenters. The van der Waals surface area contributed by atoms with Gasteiger partial charge in [0.05, 0.1) is 0 Å². The molecule has 2 nitrogen and oxygen atoms in total. The van der Waals surface area contributed by atoms with E-state index in [2.05, 4.69) is 25.1 Å². The molecule has 0 aliphatic carbocycles. The average Bonchev–Trinajstić information content (AvgIpc) is 2.53. The van der Waals surface area contributed by atoms with E-state index in [0.29, 0.717) is 0 Å². The van der Waals surface area contributed by atoms with Crippen LogP contribution in [0.5, 0.6) is 0 Å². The van der Waals surface area contributed by atoms with Gasteiger partial charge in [0.1, 0.15) is 5.60 Å². The summed E-state index contributed by atoms with van der Waals surface area (Å²) in [4.78, 5) is 2.13. The van der Waals surface area contributed by atoms with Crippen LogP contribution in [-0.4, -0.2) is 30.6 Å². The van der Waals surface area contributed by atoms with Crippen molar-refractivity contribution in [2.24, 2.45) is 0 Å². The van der Waals surface area contributed by atoms with Gasteiger partial charge in [-0.3, -0.25) is 0 Å². The topological polar surface area (TPSA) is 23.5 Å². The van der Waals surface area contributed by atoms with Crippen LogP contribution in [0.25, 0.3) is 0 Å². The number of hydrogen-bond acceptors (Lipinski definition) is 2. The molecule has 110 valence electrons. The maximum atomic E-state index is 11.2. The van der Waals surface area contributed by atoms with Gasteiger partial charge in [-0.15, -0.1) is 0 Å². The summed E-state index contributed by atoms with van der Waals surface area (Å²) in [5, 5.41) is 11.2. The van der Waals surface area contributed by atoms with E-state index in [0.717, 1.165) is 24.1 Å². The lowest BCUT2D eigenvalue weighted by Crippen LogP contribution is -2.24. The van der Waals surface area contributed by atoms with E-state index in [1.165, 1.54) is 0 Å². The molecule has 0 fully saturated rings. The molecule has 0 aliphatic rings. The van der Waals surface area contributed by atoms with Crippen molar-refractivity contribution in [3.63, 3.8) is 0 Å². The minimum absolute atomic E-state index is 0.886. The van der Waals surface area contributed by atoms with Gasteiger partial charge < -0.3 is 10.0 Å². The predicted octanol–water partition coefficient (Wildman–Crippen LogP) is 3.43. The van der Waals surface area contributed by atoms with Crippen molar-refractivity contribution in [1.82, 2.24) is 4.90 Å². The van der Waals surface area contributed by atoms with Crippen LogP contribution >= 0.6 is 0 Å². The Labute approximate surface area is 127 Å². The quantitative estimate of drug-likeness (QED) is 0.820. The van der Waals surface area contributed by atoms with Crippen LogP contribution in [-0.2, 0) is 5.60 Å². The van der Waals surface area contributed by atoms with Crippen molar-refractivity contribution in [1.29, 1.82) is 0 Å². The van der Waals surface area contributed by atoms with Crippen molar-refractivity contribution >= 4 is 0 Å². The summed E-state index contributed by atoms with van der Waals surface area (Å²) in [5.41, 5.74) is 0.698. The zero-order valence-electron chi connectivity index (χ0n) is 12.7. The summed E-state index contributed by atoms with van der Waals surface area (Å²) in [5.74, 6) is 0. The van der Waals surface area contributed by atoms with E-state index in [1.54, 1.807) is 0 Å². The number of nitrogens with zero attached hydrogens (tertiary/aromatic N) is 1. The highest BCUT2D eigenvalue weighted by Crippen LogP contribution is 2.31. The monoisotopic (exact) mass is 281 g/mol. The molecule has 0 heterocycles. The molecule has 0 aliphatic heterocycles. The molecule has 2 aromatic rings. The van der Waals surface area contributed by atoms with Crippen LogP contribution in [0, 0.1) is 0 Å². The van der Waals surface area contributed by atoms with Gasteiger partial charge in [0.15, 0.2) is 0 Å². The molecule has 0 spiro atoms. The van der Waals surface area contributed by atoms with E-state index in [-0.39, 0.29) is 0 Å². The second-order valence-electron chi connectivity index (χ2n) is 5.49. The normalized spacial score (nSPS) is 12.2. The Bertz CT molecular complexity index is 521. The van der Waals surface area contributed by atoms with Gasteiger partial charge >= 0.3 is 0 Å². The van der Waals surface area contributed by atoms with Crippen molar-refractivity contribution in [3.05, 3.63) is 83.9 Å². The van der Waals surface area contributed by atoms with Crippen molar-refractivity contribution in [3.8, 4) is 0 Å². The molecule has 2 heteroatoms. The lowest BCUT2D eigenvalue weighted by molar-refractivity contribution is 0.134. The Hall–Kier alpha value is -1.90. The Morgan fingerprint density at radius 3 is 1.81 bits per heavy atom. The summed E-state index contributed by atoms with van der Waals surface area (Å²) < 4.78 is 0. The van der Waals surface area contributed by atoms with Crippen LogP contribution in [0.15, 0.2) is 72.8 Å². The molecule has 0 saturated carbocycles. The Morgan fingerprint density at radius 2 is 1.38 bits per heavy atom. The van der Waals surface area contributed by atoms with Gasteiger partial charge in [-0.05, 0) is 37.7 Å². The van der Waals surface area contributed by atoms with Crippen LogP contribution in [0.3, 0.4) is 0 Å². The minimum Gasteiger partial charge on any atom is -0.377 e. The van der Waals surface area contributed by atoms with E-state index < -0.39 is 5.60 Å². The number of benzene rings is 2. The third kappa shape index (κ3) is 4.03. The molecule has 21 heavy (non-hydrogen) atoms. The molecule has 0 bridgehead atoms. The molecule has 2 aromatic carbocycles. The van der Waals surface area contributed by atoms with Gasteiger partial charge in [0.25, 0.3) is 0 Å². The predicted molar refractivity (Wildman–Crippen MR) is 88.2 cm³/mol. The molecule has 0 radical (unpaired) electrons. The van der Waals surface area contributed by atoms with Crippen molar-refractivity contribution < 1.29 is 5.11 Å². The molecule has 2 rings (SSSR count). The molecule has 0 saturated heterocycles. The SMILES string of the molecule is CN(C)CCC=CC(O)(c1ccccc1)c1ccccc1. The Morgan fingerprint density at radius 1 is 0.905 bits per heavy atom. The largest absolute Gasteiger partial charge is 0.377 e. The van der Waals surface area contributed by atoms with Gasteiger partial charge in [0.2, 0.25) is 0 Å². The van der Waals surface area contributed by atoms with Crippen LogP contribution < -0.4 is 0 Å². The first-order chi connectivity index (χ1) is 10.1. The summed E-state index contributed by atoms with van der Waals surface area (Å²) in [6.07, 6.45) is 4.87. The highest BCUT2D eigenvalue weighted by Gasteiger charge is 2.27. The van der Waals surface area contributed by atoms with E-state index in [4.69, 9.17) is 0 Å². The first-order valence-electron chi connectivity index (χ1n) is 7.29. The van der Waals surface area contributed by atoms with Gasteiger partial charge in [-0.25, -0.2) is 0 Å². The third-order valence-electron chi connectivity index (χ3n) is 3.53. The highest BCUT2D eigenvalue weighted by molar-refractivity contribution is 5.40. The summed E-state index contributed by atoms with van der Waals surface area (Å²) in [7, 11) is 4.10. The molecule has 0 unspecified atom stereocenters. The fourth-order valence-corrected chi connectivity index (χ4v) is 2.33. The average molecular weight is 281 g/mol. The first-order valence-corrected chi connectivity index (χ1v) is 7.29. The first kappa shape index (κ1) is 15.5. The van der Waals surface area contributed by atoms with Gasteiger partial charge in [-0.2, -0.15) is 0 Å². The summed E-state index contributed by atoms with van der Waals surface area (Å²) in [6, 6.07) is 19.6. The standard InChI is InChI=1S/C19H23NO/c1-20(2)16-10-9-15-19(21,17-11-5-3-6-12-17)18-13-7-4-8-14-18/h3-9,11-15,21H,10,16H2,1-2H3. The lowest BCUT2D eigenvalue weighted by Gasteiger charge is -2.26. The molecule has 0 aromatic heterocycles. The molecule has 0 amide bonds. The zero-order chi connectivity index (χ0) is 15.1. The van der Waals surface area contributed by atoms with E-state index in [1.807, 2.05) is 66.7 Å². The zero-order valence-corrected chi connectivity index (χ0v) is 12.7. The highest BCUT2D eigenvalue weighted by atomic mass is 16.3. The number of hydrogen-bond donors (Lipinski definition) is 1. The van der Waals surface area contributed by atoms with E-state index in [9.17, 15) is 5.11 Å². The molecule has 1 N–H and O–H groups in total. The fourth-order valence-electron chi connectivity index (χ4n) is 2.33. The maximum absolute atomic E-state index is 11.2. The second-order valence-corrected chi connectivity index (χ2v) is 5.49. The van der Waals surface area contributed by atoms with Crippen LogP contribution in [0.4, 0.5) is 0 Å². The Balaban J connectivity index is 2.31. The second kappa shape index (κ2) is 7.21. The third-order valence-corrected chi connectivity index (χ3v) is 3.53. The lowest BCUT2D eigenvalue weighted by atomic mass is 9.86. The molecular formula is C19H23NO. The minimum atomic E-state index is -1.07. The van der Waals surface area contributed by atoms with Crippen molar-refractivity contribution in [2.75, 3.05) is 20.6 Å². The molecular weight excluding hydrogens is 258 g/mol. The maximum Gasteiger partial charge on any atom is 0.133 e. The van der Waals surface area contributed by atoms with E-state index >= 15 is 0 Å². The number of aliphatic hydroxyl groups is 1. The van der Waals surface area contributed by atoms with Crippen LogP contribution in [0.2, 0.25) is 0 Å². The summed E-state index contributed by atoms with van der Waals surface area (Å²) >= 11 is 0. The van der Waals surface area contributed by atoms with Gasteiger partial charge in [0, 0.05) is 6.54 Å². The summed E-state index contributed by atoms with van der Waals surface area (Å²) in [6.45, 7) is 0.968. The van der Waals surface area contributed by atoms with Crippen molar-refractivity contribution in [2.45, 2.75) is 12.0 Å². The van der Waals surface area contributed by atoms with Crippen LogP contribution in [0.1, 0.15) is 17.5 Å². The smallest absolute Gasteiger partial charge is 0.133 e. The fraction of sp³-hybridized carbons (Fsp3) is 0.263. The Kier molecular flexibility index (Phi) is 5.32.